The van der Waals surface area contributed by atoms with Gasteiger partial charge >= 0.3 is 15.6 Å². The molecule has 0 aromatic heterocycles. The fraction of sp³-hybridized carbons (Fsp3) is 1.00. The molecule has 120 valence electrons. The van der Waals surface area contributed by atoms with E-state index in [4.69, 9.17) is 19.6 Å². The maximum absolute atomic E-state index is 10.5. The summed E-state index contributed by atoms with van der Waals surface area (Å²) in [6.45, 7) is -2.05. The molecule has 0 saturated carbocycles. The molecule has 20 heavy (non-hydrogen) atoms. The number of phosphoric ester groups is 2. The minimum absolute atomic E-state index is 0.874. The van der Waals surface area contributed by atoms with Gasteiger partial charge in [0.2, 0.25) is 5.79 Å². The molecule has 0 unspecified atom stereocenters. The minimum atomic E-state index is -4.96. The van der Waals surface area contributed by atoms with Crippen molar-refractivity contribution in [1.82, 2.24) is 0 Å². The van der Waals surface area contributed by atoms with Gasteiger partial charge in [0, 0.05) is 0 Å². The van der Waals surface area contributed by atoms with Crippen molar-refractivity contribution in [3.63, 3.8) is 0 Å². The predicted octanol–water partition coefficient (Wildman–Crippen LogP) is -2.99. The first-order valence-corrected chi connectivity index (χ1v) is 8.07. The third-order valence-electron chi connectivity index (χ3n) is 2.37. The maximum Gasteiger partial charge on any atom is 0.469 e. The second kappa shape index (κ2) is 6.05. The highest BCUT2D eigenvalue weighted by molar-refractivity contribution is 7.46. The lowest BCUT2D eigenvalue weighted by atomic mass is 10.1. The van der Waals surface area contributed by atoms with E-state index in [2.05, 4.69) is 13.8 Å². The molecule has 0 aromatic carbocycles. The van der Waals surface area contributed by atoms with Gasteiger partial charge in [-0.2, -0.15) is 0 Å². The molecule has 1 aliphatic rings. The fourth-order valence-electron chi connectivity index (χ4n) is 1.47. The SMILES string of the molecule is O=P(O)(O)OC[C@H]1O[C@@](O)(COP(=O)(O)O)[C@H](O)[C@H]1O. The highest BCUT2D eigenvalue weighted by atomic mass is 31.2. The number of hydrogen-bond donors (Lipinski definition) is 7. The first-order valence-electron chi connectivity index (χ1n) is 5.00. The van der Waals surface area contributed by atoms with Crippen LogP contribution in [0.1, 0.15) is 0 Å². The molecule has 0 aromatic rings. The lowest BCUT2D eigenvalue weighted by Gasteiger charge is -2.25. The molecular weight excluding hydrogens is 326 g/mol. The summed E-state index contributed by atoms with van der Waals surface area (Å²) in [6.07, 6.45) is -5.38. The van der Waals surface area contributed by atoms with Crippen molar-refractivity contribution in [3.05, 3.63) is 0 Å². The van der Waals surface area contributed by atoms with Gasteiger partial charge in [0.05, 0.1) is 6.61 Å². The van der Waals surface area contributed by atoms with E-state index in [0.717, 1.165) is 0 Å². The van der Waals surface area contributed by atoms with Gasteiger partial charge in [-0.15, -0.1) is 0 Å². The van der Waals surface area contributed by atoms with Crippen LogP contribution in [0.25, 0.3) is 0 Å². The van der Waals surface area contributed by atoms with Crippen molar-refractivity contribution in [3.8, 4) is 0 Å². The number of hydrogen-bond acceptors (Lipinski definition) is 8. The Morgan fingerprint density at radius 1 is 1.05 bits per heavy atom. The fourth-order valence-corrected chi connectivity index (χ4v) is 2.17. The quantitative estimate of drug-likeness (QED) is 0.242. The molecule has 0 aliphatic carbocycles. The summed E-state index contributed by atoms with van der Waals surface area (Å²) >= 11 is 0. The van der Waals surface area contributed by atoms with Crippen molar-refractivity contribution in [2.75, 3.05) is 13.2 Å². The second-order valence-corrected chi connectivity index (χ2v) is 6.47. The molecule has 0 amide bonds. The van der Waals surface area contributed by atoms with Crippen molar-refractivity contribution >= 4 is 15.6 Å². The second-order valence-electron chi connectivity index (χ2n) is 3.99. The van der Waals surface area contributed by atoms with Gasteiger partial charge in [0.25, 0.3) is 0 Å². The lowest BCUT2D eigenvalue weighted by molar-refractivity contribution is -0.245. The lowest BCUT2D eigenvalue weighted by Crippen LogP contribution is -2.46. The van der Waals surface area contributed by atoms with Crippen LogP contribution in [0.5, 0.6) is 0 Å². The standard InChI is InChI=1S/C6H14O12P2/c7-4-3(1-16-19(10,11)12)18-6(9,5(4)8)2-17-20(13,14)15/h3-5,7-9H,1-2H2,(H2,10,11,12)(H2,13,14,15)/t3-,4+,5-,6+/m1/s1. The van der Waals surface area contributed by atoms with Crippen molar-refractivity contribution in [2.24, 2.45) is 0 Å². The van der Waals surface area contributed by atoms with E-state index in [9.17, 15) is 24.4 Å². The minimum Gasteiger partial charge on any atom is -0.387 e. The van der Waals surface area contributed by atoms with Gasteiger partial charge in [-0.05, 0) is 0 Å². The van der Waals surface area contributed by atoms with Crippen LogP contribution in [0.3, 0.4) is 0 Å². The molecule has 1 saturated heterocycles. The Bertz CT molecular complexity index is 428. The smallest absolute Gasteiger partial charge is 0.387 e. The zero-order chi connectivity index (χ0) is 15.8. The largest absolute Gasteiger partial charge is 0.469 e. The molecule has 14 heteroatoms. The summed E-state index contributed by atoms with van der Waals surface area (Å²) in [5, 5.41) is 28.8. The molecule has 0 bridgehead atoms. The third-order valence-corrected chi connectivity index (χ3v) is 3.32. The first kappa shape index (κ1) is 18.1. The van der Waals surface area contributed by atoms with E-state index < -0.39 is 53.0 Å². The average Bonchev–Trinajstić information content (AvgIpc) is 2.48. The normalized spacial score (nSPS) is 35.5. The summed E-state index contributed by atoms with van der Waals surface area (Å²) in [4.78, 5) is 33.9. The zero-order valence-corrected chi connectivity index (χ0v) is 11.5. The summed E-state index contributed by atoms with van der Waals surface area (Å²) < 4.78 is 33.6. The van der Waals surface area contributed by atoms with Gasteiger partial charge in [0.1, 0.15) is 24.9 Å². The molecule has 1 fully saturated rings. The van der Waals surface area contributed by atoms with Gasteiger partial charge in [-0.25, -0.2) is 9.13 Å². The van der Waals surface area contributed by atoms with Crippen molar-refractivity contribution in [1.29, 1.82) is 0 Å². The molecule has 12 nitrogen and oxygen atoms in total. The maximum atomic E-state index is 10.5. The van der Waals surface area contributed by atoms with Crippen LogP contribution in [0.15, 0.2) is 0 Å². The van der Waals surface area contributed by atoms with E-state index in [0.29, 0.717) is 0 Å². The van der Waals surface area contributed by atoms with Crippen molar-refractivity contribution in [2.45, 2.75) is 24.1 Å². The third kappa shape index (κ3) is 5.11. The predicted molar refractivity (Wildman–Crippen MR) is 57.8 cm³/mol. The molecule has 7 N–H and O–H groups in total. The van der Waals surface area contributed by atoms with Crippen LogP contribution in [0, 0.1) is 0 Å². The molecular formula is C6H14O12P2. The van der Waals surface area contributed by atoms with Crippen LogP contribution in [0.4, 0.5) is 0 Å². The Morgan fingerprint density at radius 2 is 1.55 bits per heavy atom. The zero-order valence-electron chi connectivity index (χ0n) is 9.71. The molecule has 0 radical (unpaired) electrons. The Labute approximate surface area is 112 Å². The van der Waals surface area contributed by atoms with E-state index in [1.165, 1.54) is 0 Å². The molecule has 1 heterocycles. The Balaban J connectivity index is 2.67. The van der Waals surface area contributed by atoms with E-state index in [-0.39, 0.29) is 0 Å². The number of aliphatic hydroxyl groups is 3. The van der Waals surface area contributed by atoms with Gasteiger partial charge in [-0.3, -0.25) is 9.05 Å². The monoisotopic (exact) mass is 340 g/mol. The number of phosphoric acid groups is 2. The van der Waals surface area contributed by atoms with Crippen LogP contribution in [0.2, 0.25) is 0 Å². The summed E-state index contributed by atoms with van der Waals surface area (Å²) in [5.74, 6) is -2.66. The highest BCUT2D eigenvalue weighted by Gasteiger charge is 2.54. The summed E-state index contributed by atoms with van der Waals surface area (Å²) in [7, 11) is -9.82. The Morgan fingerprint density at radius 3 is 2.00 bits per heavy atom. The van der Waals surface area contributed by atoms with E-state index >= 15 is 0 Å². The summed E-state index contributed by atoms with van der Waals surface area (Å²) in [5.41, 5.74) is 0. The van der Waals surface area contributed by atoms with Crippen LogP contribution in [-0.2, 0) is 22.9 Å². The Kier molecular flexibility index (Phi) is 5.48. The molecule has 1 rings (SSSR count). The number of aliphatic hydroxyl groups excluding tert-OH is 2. The Hall–Kier alpha value is 0.0600. The van der Waals surface area contributed by atoms with Crippen LogP contribution in [-0.4, -0.2) is 72.2 Å². The average molecular weight is 340 g/mol. The van der Waals surface area contributed by atoms with Crippen molar-refractivity contribution < 1.29 is 57.8 Å². The van der Waals surface area contributed by atoms with Gasteiger partial charge in [0.15, 0.2) is 0 Å². The van der Waals surface area contributed by atoms with Crippen LogP contribution >= 0.6 is 15.6 Å². The molecule has 0 spiro atoms. The molecule has 1 aliphatic heterocycles. The summed E-state index contributed by atoms with van der Waals surface area (Å²) in [6, 6.07) is 0. The van der Waals surface area contributed by atoms with E-state index in [1.807, 2.05) is 0 Å². The van der Waals surface area contributed by atoms with Gasteiger partial charge in [-0.1, -0.05) is 0 Å². The van der Waals surface area contributed by atoms with Gasteiger partial charge < -0.3 is 39.6 Å². The van der Waals surface area contributed by atoms with Crippen LogP contribution < -0.4 is 0 Å². The number of ether oxygens (including phenoxy) is 1. The highest BCUT2D eigenvalue weighted by Crippen LogP contribution is 2.41. The number of rotatable bonds is 6. The first-order chi connectivity index (χ1) is 8.84. The molecule has 4 atom stereocenters. The van der Waals surface area contributed by atoms with E-state index in [1.54, 1.807) is 0 Å². The topological polar surface area (TPSA) is 203 Å².